The van der Waals surface area contributed by atoms with Gasteiger partial charge in [0.25, 0.3) is 0 Å². The van der Waals surface area contributed by atoms with Crippen molar-refractivity contribution in [2.45, 2.75) is 32.2 Å². The van der Waals surface area contributed by atoms with E-state index in [1.807, 2.05) is 30.0 Å². The Hall–Kier alpha value is -1.35. The molecule has 3 nitrogen and oxygen atoms in total. The molecular weight excluding hydrogens is 200 g/mol. The highest BCUT2D eigenvalue weighted by molar-refractivity contribution is 5.94. The molecule has 0 unspecified atom stereocenters. The summed E-state index contributed by atoms with van der Waals surface area (Å²) < 4.78 is 0. The average molecular weight is 218 g/mol. The lowest BCUT2D eigenvalue weighted by atomic mass is 10.1. The van der Waals surface area contributed by atoms with Crippen LogP contribution in [0.15, 0.2) is 24.3 Å². The number of fused-ring (bicyclic) bond motifs is 1. The molecule has 1 aliphatic heterocycles. The van der Waals surface area contributed by atoms with Gasteiger partial charge in [-0.2, -0.15) is 0 Å². The number of nitrogens with zero attached hydrogens (tertiary/aromatic N) is 1. The third-order valence-corrected chi connectivity index (χ3v) is 2.89. The predicted molar refractivity (Wildman–Crippen MR) is 65.4 cm³/mol. The summed E-state index contributed by atoms with van der Waals surface area (Å²) in [7, 11) is 0. The number of carbonyl (C=O) groups is 1. The number of aryl methyl sites for hydroxylation is 1. The summed E-state index contributed by atoms with van der Waals surface area (Å²) in [5.74, 6) is 0.197. The normalized spacial score (nSPS) is 17.9. The maximum Gasteiger partial charge on any atom is 0.227 e. The van der Waals surface area contributed by atoms with Crippen molar-refractivity contribution in [1.29, 1.82) is 0 Å². The lowest BCUT2D eigenvalue weighted by molar-refractivity contribution is -0.118. The van der Waals surface area contributed by atoms with Crippen molar-refractivity contribution in [2.24, 2.45) is 5.73 Å². The molecule has 16 heavy (non-hydrogen) atoms. The Balaban J connectivity index is 2.36. The highest BCUT2D eigenvalue weighted by Gasteiger charge is 2.22. The van der Waals surface area contributed by atoms with Crippen molar-refractivity contribution in [2.75, 3.05) is 11.4 Å². The van der Waals surface area contributed by atoms with E-state index in [0.29, 0.717) is 13.0 Å². The van der Waals surface area contributed by atoms with E-state index in [-0.39, 0.29) is 11.9 Å². The Morgan fingerprint density at radius 2 is 2.12 bits per heavy atom. The second kappa shape index (κ2) is 4.66. The number of hydrogen-bond acceptors (Lipinski definition) is 2. The van der Waals surface area contributed by atoms with E-state index in [1.54, 1.807) is 0 Å². The lowest BCUT2D eigenvalue weighted by Crippen LogP contribution is -2.39. The van der Waals surface area contributed by atoms with Gasteiger partial charge in [0.05, 0.1) is 0 Å². The molecule has 0 bridgehead atoms. The highest BCUT2D eigenvalue weighted by Crippen LogP contribution is 2.26. The molecule has 0 aromatic heterocycles. The molecular formula is C13H18N2O. The molecule has 1 atom stereocenters. The molecule has 1 heterocycles. The van der Waals surface area contributed by atoms with Crippen LogP contribution in [0, 0.1) is 0 Å². The highest BCUT2D eigenvalue weighted by atomic mass is 16.2. The standard InChI is InChI=1S/C13H18N2O/c1-10(14)9-15-12-7-3-2-5-11(12)6-4-8-13(15)16/h2-3,5,7,10H,4,6,8-9,14H2,1H3/t10-/m1/s1. The fourth-order valence-electron chi connectivity index (χ4n) is 2.17. The zero-order chi connectivity index (χ0) is 11.5. The fourth-order valence-corrected chi connectivity index (χ4v) is 2.17. The number of amides is 1. The molecule has 3 heteroatoms. The van der Waals surface area contributed by atoms with E-state index in [1.165, 1.54) is 5.56 Å². The quantitative estimate of drug-likeness (QED) is 0.821. The minimum Gasteiger partial charge on any atom is -0.326 e. The topological polar surface area (TPSA) is 46.3 Å². The van der Waals surface area contributed by atoms with E-state index in [2.05, 4.69) is 6.07 Å². The minimum atomic E-state index is 0.00936. The third kappa shape index (κ3) is 2.25. The van der Waals surface area contributed by atoms with Crippen molar-refractivity contribution in [3.63, 3.8) is 0 Å². The fraction of sp³-hybridized carbons (Fsp3) is 0.462. The van der Waals surface area contributed by atoms with Crippen LogP contribution < -0.4 is 10.6 Å². The molecule has 2 N–H and O–H groups in total. The predicted octanol–water partition coefficient (Wildman–Crippen LogP) is 1.70. The van der Waals surface area contributed by atoms with Crippen LogP contribution in [0.2, 0.25) is 0 Å². The van der Waals surface area contributed by atoms with Gasteiger partial charge in [0.2, 0.25) is 5.91 Å². The first-order chi connectivity index (χ1) is 7.68. The van der Waals surface area contributed by atoms with Crippen molar-refractivity contribution in [1.82, 2.24) is 0 Å². The molecule has 86 valence electrons. The van der Waals surface area contributed by atoms with Crippen molar-refractivity contribution in [3.05, 3.63) is 29.8 Å². The van der Waals surface area contributed by atoms with Crippen molar-refractivity contribution < 1.29 is 4.79 Å². The van der Waals surface area contributed by atoms with Gasteiger partial charge in [-0.25, -0.2) is 0 Å². The summed E-state index contributed by atoms with van der Waals surface area (Å²) in [6.45, 7) is 2.54. The van der Waals surface area contributed by atoms with Crippen LogP contribution in [0.25, 0.3) is 0 Å². The second-order valence-corrected chi connectivity index (χ2v) is 4.46. The van der Waals surface area contributed by atoms with Gasteiger partial charge < -0.3 is 10.6 Å². The van der Waals surface area contributed by atoms with E-state index in [0.717, 1.165) is 18.5 Å². The van der Waals surface area contributed by atoms with Gasteiger partial charge in [-0.05, 0) is 31.4 Å². The minimum absolute atomic E-state index is 0.00936. The van der Waals surface area contributed by atoms with Crippen LogP contribution in [0.5, 0.6) is 0 Å². The summed E-state index contributed by atoms with van der Waals surface area (Å²) in [5.41, 5.74) is 8.10. The maximum absolute atomic E-state index is 12.0. The molecule has 0 spiro atoms. The molecule has 1 amide bonds. The van der Waals surface area contributed by atoms with Gasteiger partial charge in [0.1, 0.15) is 0 Å². The second-order valence-electron chi connectivity index (χ2n) is 4.46. The molecule has 1 aromatic carbocycles. The Bertz CT molecular complexity index is 387. The Kier molecular flexibility index (Phi) is 3.25. The van der Waals surface area contributed by atoms with E-state index >= 15 is 0 Å². The van der Waals surface area contributed by atoms with E-state index in [9.17, 15) is 4.79 Å². The van der Waals surface area contributed by atoms with Gasteiger partial charge in [-0.1, -0.05) is 18.2 Å². The number of para-hydroxylation sites is 1. The van der Waals surface area contributed by atoms with E-state index < -0.39 is 0 Å². The monoisotopic (exact) mass is 218 g/mol. The first kappa shape index (κ1) is 11.1. The number of hydrogen-bond donors (Lipinski definition) is 1. The van der Waals surface area contributed by atoms with Crippen LogP contribution in [-0.2, 0) is 11.2 Å². The molecule has 0 aliphatic carbocycles. The largest absolute Gasteiger partial charge is 0.326 e. The van der Waals surface area contributed by atoms with Gasteiger partial charge in [-0.15, -0.1) is 0 Å². The van der Waals surface area contributed by atoms with Crippen molar-refractivity contribution >= 4 is 11.6 Å². The Morgan fingerprint density at radius 1 is 1.38 bits per heavy atom. The first-order valence-corrected chi connectivity index (χ1v) is 5.82. The summed E-state index contributed by atoms with van der Waals surface area (Å²) in [4.78, 5) is 13.8. The summed E-state index contributed by atoms with van der Waals surface area (Å²) in [6, 6.07) is 8.13. The van der Waals surface area contributed by atoms with Gasteiger partial charge in [0, 0.05) is 24.7 Å². The van der Waals surface area contributed by atoms with Crippen LogP contribution >= 0.6 is 0 Å². The molecule has 0 saturated carbocycles. The molecule has 0 radical (unpaired) electrons. The number of rotatable bonds is 2. The van der Waals surface area contributed by atoms with Crippen LogP contribution in [0.1, 0.15) is 25.3 Å². The third-order valence-electron chi connectivity index (χ3n) is 2.89. The first-order valence-electron chi connectivity index (χ1n) is 5.82. The molecule has 0 saturated heterocycles. The number of anilines is 1. The zero-order valence-electron chi connectivity index (χ0n) is 9.65. The molecule has 2 rings (SSSR count). The number of carbonyl (C=O) groups excluding carboxylic acids is 1. The van der Waals surface area contributed by atoms with Crippen LogP contribution in [0.4, 0.5) is 5.69 Å². The SMILES string of the molecule is C[C@@H](N)CN1C(=O)CCCc2ccccc21. The van der Waals surface area contributed by atoms with E-state index in [4.69, 9.17) is 5.73 Å². The number of nitrogens with two attached hydrogens (primary N) is 1. The van der Waals surface area contributed by atoms with Gasteiger partial charge in [0.15, 0.2) is 0 Å². The average Bonchev–Trinajstić information content (AvgIpc) is 2.40. The Morgan fingerprint density at radius 3 is 2.88 bits per heavy atom. The summed E-state index contributed by atoms with van der Waals surface area (Å²) >= 11 is 0. The maximum atomic E-state index is 12.0. The smallest absolute Gasteiger partial charge is 0.227 e. The van der Waals surface area contributed by atoms with Crippen molar-refractivity contribution in [3.8, 4) is 0 Å². The van der Waals surface area contributed by atoms with Crippen LogP contribution in [0.3, 0.4) is 0 Å². The molecule has 1 aromatic rings. The Labute approximate surface area is 96.2 Å². The van der Waals surface area contributed by atoms with Gasteiger partial charge in [-0.3, -0.25) is 4.79 Å². The van der Waals surface area contributed by atoms with Gasteiger partial charge >= 0.3 is 0 Å². The summed E-state index contributed by atoms with van der Waals surface area (Å²) in [6.07, 6.45) is 2.55. The number of benzene rings is 1. The summed E-state index contributed by atoms with van der Waals surface area (Å²) in [5, 5.41) is 0. The lowest BCUT2D eigenvalue weighted by Gasteiger charge is -2.24. The zero-order valence-corrected chi connectivity index (χ0v) is 9.65. The van der Waals surface area contributed by atoms with Crippen LogP contribution in [-0.4, -0.2) is 18.5 Å². The molecule has 1 aliphatic rings. The molecule has 0 fully saturated rings.